The number of halogens is 1. The normalized spacial score (nSPS) is 17.4. The molecule has 1 saturated heterocycles. The average molecular weight is 343 g/mol. The van der Waals surface area contributed by atoms with Crippen molar-refractivity contribution in [3.63, 3.8) is 0 Å². The van der Waals surface area contributed by atoms with Gasteiger partial charge in [-0.25, -0.2) is 12.8 Å². The second-order valence-corrected chi connectivity index (χ2v) is 7.79. The molecule has 1 heterocycles. The molecule has 1 aliphatic heterocycles. The van der Waals surface area contributed by atoms with Crippen molar-refractivity contribution in [2.45, 2.75) is 24.8 Å². The number of hydrogen-bond acceptors (Lipinski definition) is 4. The topological polar surface area (TPSA) is 69.7 Å². The Bertz CT molecular complexity index is 638. The van der Waals surface area contributed by atoms with Gasteiger partial charge in [0.25, 0.3) is 0 Å². The fourth-order valence-electron chi connectivity index (χ4n) is 2.45. The number of nitrogens with zero attached hydrogens (tertiary/aromatic N) is 2. The summed E-state index contributed by atoms with van der Waals surface area (Å²) >= 11 is 0. The molecule has 0 atom stereocenters. The third-order valence-electron chi connectivity index (χ3n) is 3.60. The van der Waals surface area contributed by atoms with Gasteiger partial charge >= 0.3 is 0 Å². The summed E-state index contributed by atoms with van der Waals surface area (Å²) in [5.41, 5.74) is 0. The largest absolute Gasteiger partial charge is 0.353 e. The molecule has 2 rings (SSSR count). The van der Waals surface area contributed by atoms with E-state index in [4.69, 9.17) is 0 Å². The SMILES string of the molecule is CC(C)NC(=O)CN1CCN(S(=O)(=O)c2ccc(F)cc2)CC1. The number of carbonyl (C=O) groups excluding carboxylic acids is 1. The van der Waals surface area contributed by atoms with Crippen LogP contribution in [-0.4, -0.2) is 62.3 Å². The minimum absolute atomic E-state index is 0.0603. The molecular weight excluding hydrogens is 321 g/mol. The van der Waals surface area contributed by atoms with Gasteiger partial charge < -0.3 is 5.32 Å². The van der Waals surface area contributed by atoms with Gasteiger partial charge in [-0.15, -0.1) is 0 Å². The highest BCUT2D eigenvalue weighted by atomic mass is 32.2. The molecule has 1 aliphatic rings. The molecule has 1 aromatic carbocycles. The van der Waals surface area contributed by atoms with E-state index in [9.17, 15) is 17.6 Å². The Labute approximate surface area is 136 Å². The van der Waals surface area contributed by atoms with E-state index in [1.165, 1.54) is 16.4 Å². The standard InChI is InChI=1S/C15H22FN3O3S/c1-12(2)17-15(20)11-18-7-9-19(10-8-18)23(21,22)14-5-3-13(16)4-6-14/h3-6,12H,7-11H2,1-2H3,(H,17,20). The number of benzene rings is 1. The summed E-state index contributed by atoms with van der Waals surface area (Å²) in [5, 5.41) is 2.81. The van der Waals surface area contributed by atoms with Gasteiger partial charge in [-0.3, -0.25) is 9.69 Å². The van der Waals surface area contributed by atoms with Crippen molar-refractivity contribution in [3.8, 4) is 0 Å². The predicted octanol–water partition coefficient (Wildman–Crippen LogP) is 0.657. The van der Waals surface area contributed by atoms with E-state index in [0.29, 0.717) is 26.2 Å². The quantitative estimate of drug-likeness (QED) is 0.853. The minimum Gasteiger partial charge on any atom is -0.353 e. The number of hydrogen-bond donors (Lipinski definition) is 1. The van der Waals surface area contributed by atoms with Crippen LogP contribution < -0.4 is 5.32 Å². The second kappa shape index (κ2) is 7.37. The molecule has 0 saturated carbocycles. The zero-order valence-corrected chi connectivity index (χ0v) is 14.1. The van der Waals surface area contributed by atoms with E-state index >= 15 is 0 Å². The maximum absolute atomic E-state index is 12.9. The molecule has 1 amide bonds. The molecule has 23 heavy (non-hydrogen) atoms. The molecule has 1 N–H and O–H groups in total. The Kier molecular flexibility index (Phi) is 5.72. The first-order valence-corrected chi connectivity index (χ1v) is 9.00. The van der Waals surface area contributed by atoms with Crippen LogP contribution >= 0.6 is 0 Å². The van der Waals surface area contributed by atoms with E-state index in [1.54, 1.807) is 0 Å². The summed E-state index contributed by atoms with van der Waals surface area (Å²) in [5.74, 6) is -0.528. The van der Waals surface area contributed by atoms with Crippen molar-refractivity contribution in [3.05, 3.63) is 30.1 Å². The molecule has 1 fully saturated rings. The Morgan fingerprint density at radius 2 is 1.74 bits per heavy atom. The van der Waals surface area contributed by atoms with Crippen LogP contribution in [-0.2, 0) is 14.8 Å². The van der Waals surface area contributed by atoms with E-state index in [-0.39, 0.29) is 23.4 Å². The van der Waals surface area contributed by atoms with Crippen molar-refractivity contribution in [1.82, 2.24) is 14.5 Å². The van der Waals surface area contributed by atoms with E-state index < -0.39 is 15.8 Å². The third-order valence-corrected chi connectivity index (χ3v) is 5.51. The summed E-state index contributed by atoms with van der Waals surface area (Å²) in [7, 11) is -3.61. The Morgan fingerprint density at radius 3 is 2.26 bits per heavy atom. The van der Waals surface area contributed by atoms with Crippen molar-refractivity contribution in [1.29, 1.82) is 0 Å². The first kappa shape index (κ1) is 17.8. The minimum atomic E-state index is -3.61. The Morgan fingerprint density at radius 1 is 1.17 bits per heavy atom. The van der Waals surface area contributed by atoms with Crippen LogP contribution in [0, 0.1) is 5.82 Å². The number of rotatable bonds is 5. The molecule has 6 nitrogen and oxygen atoms in total. The molecule has 1 aromatic rings. The summed E-state index contributed by atoms with van der Waals surface area (Å²) < 4.78 is 39.3. The van der Waals surface area contributed by atoms with Gasteiger partial charge in [-0.1, -0.05) is 0 Å². The third kappa shape index (κ3) is 4.73. The molecule has 0 radical (unpaired) electrons. The number of amides is 1. The maximum atomic E-state index is 12.9. The number of carbonyl (C=O) groups is 1. The van der Waals surface area contributed by atoms with Crippen molar-refractivity contribution >= 4 is 15.9 Å². The van der Waals surface area contributed by atoms with E-state index in [1.807, 2.05) is 18.7 Å². The van der Waals surface area contributed by atoms with Gasteiger partial charge in [0, 0.05) is 32.2 Å². The smallest absolute Gasteiger partial charge is 0.243 e. The average Bonchev–Trinajstić information content (AvgIpc) is 2.47. The van der Waals surface area contributed by atoms with Crippen LogP contribution in [0.1, 0.15) is 13.8 Å². The molecule has 0 aromatic heterocycles. The zero-order chi connectivity index (χ0) is 17.0. The fourth-order valence-corrected chi connectivity index (χ4v) is 3.88. The highest BCUT2D eigenvalue weighted by molar-refractivity contribution is 7.89. The molecule has 0 unspecified atom stereocenters. The summed E-state index contributed by atoms with van der Waals surface area (Å²) in [6, 6.07) is 4.90. The van der Waals surface area contributed by atoms with Gasteiger partial charge in [0.1, 0.15) is 5.82 Å². The zero-order valence-electron chi connectivity index (χ0n) is 13.3. The highest BCUT2D eigenvalue weighted by Crippen LogP contribution is 2.17. The number of piperazine rings is 1. The number of sulfonamides is 1. The lowest BCUT2D eigenvalue weighted by Crippen LogP contribution is -2.51. The van der Waals surface area contributed by atoms with Gasteiger partial charge in [0.2, 0.25) is 15.9 Å². The van der Waals surface area contributed by atoms with E-state index in [2.05, 4.69) is 5.32 Å². The van der Waals surface area contributed by atoms with Crippen molar-refractivity contribution in [2.75, 3.05) is 32.7 Å². The lowest BCUT2D eigenvalue weighted by atomic mass is 10.3. The van der Waals surface area contributed by atoms with Gasteiger partial charge in [-0.05, 0) is 38.1 Å². The van der Waals surface area contributed by atoms with Crippen LogP contribution in [0.25, 0.3) is 0 Å². The van der Waals surface area contributed by atoms with Crippen molar-refractivity contribution in [2.24, 2.45) is 0 Å². The van der Waals surface area contributed by atoms with E-state index in [0.717, 1.165) is 12.1 Å². The second-order valence-electron chi connectivity index (χ2n) is 5.86. The van der Waals surface area contributed by atoms with Gasteiger partial charge in [0.15, 0.2) is 0 Å². The summed E-state index contributed by atoms with van der Waals surface area (Å²) in [4.78, 5) is 13.7. The summed E-state index contributed by atoms with van der Waals surface area (Å²) in [6.07, 6.45) is 0. The van der Waals surface area contributed by atoms with Gasteiger partial charge in [0.05, 0.1) is 11.4 Å². The van der Waals surface area contributed by atoms with Crippen LogP contribution in [0.3, 0.4) is 0 Å². The molecular formula is C15H22FN3O3S. The molecule has 128 valence electrons. The Balaban J connectivity index is 1.93. The predicted molar refractivity (Wildman–Crippen MR) is 84.9 cm³/mol. The molecule has 0 aliphatic carbocycles. The highest BCUT2D eigenvalue weighted by Gasteiger charge is 2.29. The maximum Gasteiger partial charge on any atom is 0.243 e. The molecule has 8 heteroatoms. The molecule has 0 bridgehead atoms. The van der Waals surface area contributed by atoms with Crippen LogP contribution in [0.5, 0.6) is 0 Å². The Hall–Kier alpha value is -1.51. The first-order valence-electron chi connectivity index (χ1n) is 7.56. The lowest BCUT2D eigenvalue weighted by molar-refractivity contribution is -0.123. The van der Waals surface area contributed by atoms with Crippen LogP contribution in [0.15, 0.2) is 29.2 Å². The number of nitrogens with one attached hydrogen (secondary N) is 1. The first-order chi connectivity index (χ1) is 10.8. The molecule has 0 spiro atoms. The van der Waals surface area contributed by atoms with Gasteiger partial charge in [-0.2, -0.15) is 4.31 Å². The lowest BCUT2D eigenvalue weighted by Gasteiger charge is -2.33. The monoisotopic (exact) mass is 343 g/mol. The summed E-state index contributed by atoms with van der Waals surface area (Å²) in [6.45, 7) is 5.67. The van der Waals surface area contributed by atoms with Crippen LogP contribution in [0.2, 0.25) is 0 Å². The fraction of sp³-hybridized carbons (Fsp3) is 0.533. The van der Waals surface area contributed by atoms with Crippen LogP contribution in [0.4, 0.5) is 4.39 Å². The van der Waals surface area contributed by atoms with Crippen molar-refractivity contribution < 1.29 is 17.6 Å².